The number of hydrogen-bond donors (Lipinski definition) is 2. The Morgan fingerprint density at radius 2 is 2.07 bits per heavy atom. The molecule has 0 bridgehead atoms. The summed E-state index contributed by atoms with van der Waals surface area (Å²) in [5, 5.41) is 9.38. The zero-order chi connectivity index (χ0) is 10.8. The third-order valence-electron chi connectivity index (χ3n) is 1.51. The molecular formula is C8H11NO4S. The number of para-hydroxylation sites is 1. The summed E-state index contributed by atoms with van der Waals surface area (Å²) < 4.78 is 28.9. The fourth-order valence-corrected chi connectivity index (χ4v) is 1.55. The van der Waals surface area contributed by atoms with Gasteiger partial charge in [0.05, 0.1) is 13.4 Å². The SMILES string of the molecule is COc1cccc(O)c1NS(C)(=O)=O. The normalized spacial score (nSPS) is 11.0. The molecule has 0 saturated carbocycles. The lowest BCUT2D eigenvalue weighted by atomic mass is 10.3. The molecule has 0 unspecified atom stereocenters. The lowest BCUT2D eigenvalue weighted by molar-refractivity contribution is 0.411. The highest BCUT2D eigenvalue weighted by molar-refractivity contribution is 7.92. The number of anilines is 1. The molecule has 1 aromatic carbocycles. The topological polar surface area (TPSA) is 75.6 Å². The predicted octanol–water partition coefficient (Wildman–Crippen LogP) is 0.772. The molecule has 14 heavy (non-hydrogen) atoms. The van der Waals surface area contributed by atoms with E-state index in [0.717, 1.165) is 6.26 Å². The molecule has 0 spiro atoms. The van der Waals surface area contributed by atoms with Crippen molar-refractivity contribution < 1.29 is 18.3 Å². The number of aromatic hydroxyl groups is 1. The average molecular weight is 217 g/mol. The standard InChI is InChI=1S/C8H11NO4S/c1-13-7-5-3-4-6(10)8(7)9-14(2,11)12/h3-5,9-10H,1-2H3. The zero-order valence-corrected chi connectivity index (χ0v) is 8.63. The summed E-state index contributed by atoms with van der Waals surface area (Å²) in [6, 6.07) is 4.48. The summed E-state index contributed by atoms with van der Waals surface area (Å²) in [5.74, 6) is 0.102. The molecule has 0 saturated heterocycles. The van der Waals surface area contributed by atoms with Gasteiger partial charge in [-0.25, -0.2) is 8.42 Å². The van der Waals surface area contributed by atoms with Crippen molar-refractivity contribution in [3.63, 3.8) is 0 Å². The molecule has 0 aliphatic rings. The van der Waals surface area contributed by atoms with E-state index in [-0.39, 0.29) is 17.2 Å². The van der Waals surface area contributed by atoms with Gasteiger partial charge >= 0.3 is 0 Å². The van der Waals surface area contributed by atoms with Gasteiger partial charge in [0.25, 0.3) is 0 Å². The van der Waals surface area contributed by atoms with Crippen LogP contribution >= 0.6 is 0 Å². The maximum atomic E-state index is 10.9. The van der Waals surface area contributed by atoms with Crippen molar-refractivity contribution in [3.8, 4) is 11.5 Å². The minimum absolute atomic E-state index is 0.0532. The fraction of sp³-hybridized carbons (Fsp3) is 0.250. The van der Waals surface area contributed by atoms with E-state index in [1.54, 1.807) is 12.1 Å². The number of rotatable bonds is 3. The molecule has 0 atom stereocenters. The first-order valence-corrected chi connectivity index (χ1v) is 5.67. The highest BCUT2D eigenvalue weighted by Crippen LogP contribution is 2.33. The predicted molar refractivity (Wildman–Crippen MR) is 53.1 cm³/mol. The monoisotopic (exact) mass is 217 g/mol. The summed E-state index contributed by atoms with van der Waals surface area (Å²) in [7, 11) is -2.03. The molecule has 6 heteroatoms. The summed E-state index contributed by atoms with van der Waals surface area (Å²) in [6.07, 6.45) is 0.999. The van der Waals surface area contributed by atoms with E-state index in [0.29, 0.717) is 0 Å². The van der Waals surface area contributed by atoms with Gasteiger partial charge < -0.3 is 9.84 Å². The Hall–Kier alpha value is -1.43. The Bertz CT molecular complexity index is 427. The molecule has 0 radical (unpaired) electrons. The quantitative estimate of drug-likeness (QED) is 0.733. The Morgan fingerprint density at radius 1 is 1.43 bits per heavy atom. The summed E-state index contributed by atoms with van der Waals surface area (Å²) in [6.45, 7) is 0. The number of benzene rings is 1. The second-order valence-electron chi connectivity index (χ2n) is 2.73. The molecule has 5 nitrogen and oxygen atoms in total. The lowest BCUT2D eigenvalue weighted by Gasteiger charge is -2.10. The van der Waals surface area contributed by atoms with E-state index in [4.69, 9.17) is 4.74 Å². The molecule has 0 aliphatic heterocycles. The van der Waals surface area contributed by atoms with Crippen LogP contribution in [0.4, 0.5) is 5.69 Å². The Kier molecular flexibility index (Phi) is 2.85. The van der Waals surface area contributed by atoms with Crippen LogP contribution in [0.5, 0.6) is 11.5 Å². The Morgan fingerprint density at radius 3 is 2.57 bits per heavy atom. The van der Waals surface area contributed by atoms with E-state index in [1.165, 1.54) is 13.2 Å². The molecule has 2 N–H and O–H groups in total. The van der Waals surface area contributed by atoms with Crippen LogP contribution in [0.2, 0.25) is 0 Å². The first-order valence-electron chi connectivity index (χ1n) is 3.78. The first kappa shape index (κ1) is 10.6. The van der Waals surface area contributed by atoms with Crippen LogP contribution in [-0.4, -0.2) is 26.9 Å². The molecule has 0 aromatic heterocycles. The van der Waals surface area contributed by atoms with Crippen LogP contribution in [0.3, 0.4) is 0 Å². The van der Waals surface area contributed by atoms with Crippen LogP contribution in [0.15, 0.2) is 18.2 Å². The van der Waals surface area contributed by atoms with Gasteiger partial charge in [0.2, 0.25) is 10.0 Å². The molecule has 1 aromatic rings. The van der Waals surface area contributed by atoms with Crippen LogP contribution in [0, 0.1) is 0 Å². The lowest BCUT2D eigenvalue weighted by Crippen LogP contribution is -2.10. The summed E-state index contributed by atoms with van der Waals surface area (Å²) in [4.78, 5) is 0. The van der Waals surface area contributed by atoms with Crippen molar-refractivity contribution in [2.45, 2.75) is 0 Å². The third kappa shape index (κ3) is 2.53. The number of phenolic OH excluding ortho intramolecular Hbond substituents is 1. The van der Waals surface area contributed by atoms with E-state index in [9.17, 15) is 13.5 Å². The fourth-order valence-electron chi connectivity index (χ4n) is 0.978. The van der Waals surface area contributed by atoms with Crippen molar-refractivity contribution in [3.05, 3.63) is 18.2 Å². The molecule has 0 heterocycles. The van der Waals surface area contributed by atoms with E-state index in [1.807, 2.05) is 0 Å². The molecule has 0 aliphatic carbocycles. The minimum Gasteiger partial charge on any atom is -0.506 e. The third-order valence-corrected chi connectivity index (χ3v) is 2.09. The van der Waals surface area contributed by atoms with Gasteiger partial charge in [-0.2, -0.15) is 0 Å². The number of ether oxygens (including phenoxy) is 1. The number of methoxy groups -OCH3 is 1. The van der Waals surface area contributed by atoms with Crippen LogP contribution in [0.25, 0.3) is 0 Å². The number of sulfonamides is 1. The minimum atomic E-state index is -3.42. The smallest absolute Gasteiger partial charge is 0.230 e. The second kappa shape index (κ2) is 3.75. The van der Waals surface area contributed by atoms with E-state index in [2.05, 4.69) is 4.72 Å². The van der Waals surface area contributed by atoms with E-state index < -0.39 is 10.0 Å². The van der Waals surface area contributed by atoms with Crippen LogP contribution in [0.1, 0.15) is 0 Å². The van der Waals surface area contributed by atoms with E-state index >= 15 is 0 Å². The first-order chi connectivity index (χ1) is 6.44. The van der Waals surface area contributed by atoms with Crippen LogP contribution < -0.4 is 9.46 Å². The summed E-state index contributed by atoms with van der Waals surface area (Å²) >= 11 is 0. The maximum absolute atomic E-state index is 10.9. The average Bonchev–Trinajstić information content (AvgIpc) is 2.06. The van der Waals surface area contributed by atoms with Crippen LogP contribution in [-0.2, 0) is 10.0 Å². The zero-order valence-electron chi connectivity index (χ0n) is 7.81. The van der Waals surface area contributed by atoms with Crippen molar-refractivity contribution in [2.75, 3.05) is 18.1 Å². The van der Waals surface area contributed by atoms with Gasteiger partial charge in [0.1, 0.15) is 17.2 Å². The molecule has 0 fully saturated rings. The molecule has 0 amide bonds. The molecule has 1 rings (SSSR count). The number of hydrogen-bond acceptors (Lipinski definition) is 4. The van der Waals surface area contributed by atoms with Gasteiger partial charge in [0.15, 0.2) is 0 Å². The molecule has 78 valence electrons. The largest absolute Gasteiger partial charge is 0.506 e. The van der Waals surface area contributed by atoms with Gasteiger partial charge in [-0.15, -0.1) is 0 Å². The Balaban J connectivity index is 3.18. The highest BCUT2D eigenvalue weighted by Gasteiger charge is 2.11. The second-order valence-corrected chi connectivity index (χ2v) is 4.48. The molecular weight excluding hydrogens is 206 g/mol. The highest BCUT2D eigenvalue weighted by atomic mass is 32.2. The van der Waals surface area contributed by atoms with Gasteiger partial charge in [0, 0.05) is 0 Å². The number of phenols is 1. The maximum Gasteiger partial charge on any atom is 0.230 e. The number of nitrogens with one attached hydrogen (secondary N) is 1. The van der Waals surface area contributed by atoms with Crippen molar-refractivity contribution in [1.29, 1.82) is 0 Å². The van der Waals surface area contributed by atoms with Crippen molar-refractivity contribution in [2.24, 2.45) is 0 Å². The van der Waals surface area contributed by atoms with Gasteiger partial charge in [-0.1, -0.05) is 6.07 Å². The van der Waals surface area contributed by atoms with Crippen molar-refractivity contribution in [1.82, 2.24) is 0 Å². The van der Waals surface area contributed by atoms with Crippen molar-refractivity contribution >= 4 is 15.7 Å². The Labute approximate surface area is 82.4 Å². The summed E-state index contributed by atoms with van der Waals surface area (Å²) in [5.41, 5.74) is 0.0532. The van der Waals surface area contributed by atoms with Gasteiger partial charge in [-0.05, 0) is 12.1 Å². The van der Waals surface area contributed by atoms with Gasteiger partial charge in [-0.3, -0.25) is 4.72 Å².